The first kappa shape index (κ1) is 19.4. The molecule has 2 N–H and O–H groups in total. The Labute approximate surface area is 176 Å². The molecule has 2 aromatic heterocycles. The summed E-state index contributed by atoms with van der Waals surface area (Å²) >= 11 is 3.50. The van der Waals surface area contributed by atoms with E-state index in [1.165, 1.54) is 0 Å². The number of nitrogens with zero attached hydrogens (tertiary/aromatic N) is 5. The molecule has 10 heteroatoms. The monoisotopic (exact) mass is 459 g/mol. The minimum Gasteiger partial charge on any atom is -0.484 e. The van der Waals surface area contributed by atoms with Gasteiger partial charge in [0.2, 0.25) is 0 Å². The first-order valence-corrected chi connectivity index (χ1v) is 10.3. The van der Waals surface area contributed by atoms with Crippen LogP contribution in [0.15, 0.2) is 35.2 Å². The molecule has 3 aromatic rings. The van der Waals surface area contributed by atoms with Gasteiger partial charge in [-0.3, -0.25) is 9.89 Å². The standard InChI is InChI=1S/C19H22BrN7O2/c1-2-21-15(28)11-29-14-5-3-4-13(10-14)26-6-8-27(9-7-26)19-16-17(20)24-25-18(16)22-12-23-19/h3-5,10,12H,2,6-9,11H2,1H3,(H,21,28)(H,22,23,24,25). The smallest absolute Gasteiger partial charge is 0.257 e. The average molecular weight is 460 g/mol. The van der Waals surface area contributed by atoms with Crippen molar-refractivity contribution >= 4 is 44.4 Å². The number of hydrogen-bond donors (Lipinski definition) is 2. The summed E-state index contributed by atoms with van der Waals surface area (Å²) in [6.45, 7) is 5.85. The van der Waals surface area contributed by atoms with Gasteiger partial charge in [-0.1, -0.05) is 6.07 Å². The normalized spacial score (nSPS) is 14.3. The molecule has 152 valence electrons. The van der Waals surface area contributed by atoms with Crippen LogP contribution in [0.1, 0.15) is 6.92 Å². The van der Waals surface area contributed by atoms with E-state index in [0.717, 1.165) is 47.7 Å². The van der Waals surface area contributed by atoms with Gasteiger partial charge in [0, 0.05) is 44.5 Å². The third-order valence-electron chi connectivity index (χ3n) is 4.79. The number of aromatic amines is 1. The second-order valence-electron chi connectivity index (χ2n) is 6.65. The Kier molecular flexibility index (Phi) is 5.79. The van der Waals surface area contributed by atoms with Crippen LogP contribution >= 0.6 is 15.9 Å². The van der Waals surface area contributed by atoms with Crippen LogP contribution in [-0.2, 0) is 4.79 Å². The van der Waals surface area contributed by atoms with Gasteiger partial charge in [-0.05, 0) is 35.0 Å². The molecule has 3 heterocycles. The number of amides is 1. The Hall–Kier alpha value is -2.88. The lowest BCUT2D eigenvalue weighted by Crippen LogP contribution is -2.46. The van der Waals surface area contributed by atoms with Crippen molar-refractivity contribution in [2.24, 2.45) is 0 Å². The summed E-state index contributed by atoms with van der Waals surface area (Å²) in [7, 11) is 0. The van der Waals surface area contributed by atoms with E-state index in [0.29, 0.717) is 17.9 Å². The van der Waals surface area contributed by atoms with Crippen LogP contribution in [0.25, 0.3) is 11.0 Å². The summed E-state index contributed by atoms with van der Waals surface area (Å²) in [5.74, 6) is 1.46. The van der Waals surface area contributed by atoms with Crippen molar-refractivity contribution in [3.05, 3.63) is 35.2 Å². The number of likely N-dealkylation sites (N-methyl/N-ethyl adjacent to an activating group) is 1. The van der Waals surface area contributed by atoms with E-state index in [-0.39, 0.29) is 12.5 Å². The molecule has 1 amide bonds. The van der Waals surface area contributed by atoms with E-state index < -0.39 is 0 Å². The van der Waals surface area contributed by atoms with Gasteiger partial charge in [0.05, 0.1) is 5.39 Å². The van der Waals surface area contributed by atoms with Crippen LogP contribution in [0, 0.1) is 0 Å². The van der Waals surface area contributed by atoms with Crippen molar-refractivity contribution in [1.29, 1.82) is 0 Å². The second kappa shape index (κ2) is 8.64. The number of carbonyl (C=O) groups excluding carboxylic acids is 1. The number of aromatic nitrogens is 4. The van der Waals surface area contributed by atoms with E-state index in [1.807, 2.05) is 25.1 Å². The number of nitrogens with one attached hydrogen (secondary N) is 2. The zero-order valence-electron chi connectivity index (χ0n) is 16.1. The predicted octanol–water partition coefficient (Wildman–Crippen LogP) is 1.96. The Balaban J connectivity index is 1.41. The fraction of sp³-hybridized carbons (Fsp3) is 0.368. The first-order chi connectivity index (χ1) is 14.2. The van der Waals surface area contributed by atoms with Gasteiger partial charge >= 0.3 is 0 Å². The molecule has 0 spiro atoms. The lowest BCUT2D eigenvalue weighted by atomic mass is 10.2. The van der Waals surface area contributed by atoms with Gasteiger partial charge < -0.3 is 19.9 Å². The highest BCUT2D eigenvalue weighted by Gasteiger charge is 2.22. The van der Waals surface area contributed by atoms with Crippen LogP contribution in [0.5, 0.6) is 5.75 Å². The largest absolute Gasteiger partial charge is 0.484 e. The fourth-order valence-corrected chi connectivity index (χ4v) is 3.83. The lowest BCUT2D eigenvalue weighted by molar-refractivity contribution is -0.122. The highest BCUT2D eigenvalue weighted by molar-refractivity contribution is 9.10. The van der Waals surface area contributed by atoms with Crippen LogP contribution in [0.2, 0.25) is 0 Å². The molecule has 0 radical (unpaired) electrons. The molecule has 29 heavy (non-hydrogen) atoms. The highest BCUT2D eigenvalue weighted by atomic mass is 79.9. The molecule has 1 fully saturated rings. The lowest BCUT2D eigenvalue weighted by Gasteiger charge is -2.37. The molecule has 1 aliphatic rings. The molecular formula is C19H22BrN7O2. The molecular weight excluding hydrogens is 438 g/mol. The molecule has 0 bridgehead atoms. The SMILES string of the molecule is CCNC(=O)COc1cccc(N2CCN(c3ncnc4n[nH]c(Br)c34)CC2)c1. The van der Waals surface area contributed by atoms with E-state index in [1.54, 1.807) is 6.33 Å². The third-order valence-corrected chi connectivity index (χ3v) is 5.37. The van der Waals surface area contributed by atoms with Crippen LogP contribution < -0.4 is 19.9 Å². The number of rotatable bonds is 6. The number of carbonyl (C=O) groups is 1. The number of H-pyrrole nitrogens is 1. The number of halogens is 1. The molecule has 0 saturated carbocycles. The second-order valence-corrected chi connectivity index (χ2v) is 7.44. The molecule has 0 unspecified atom stereocenters. The van der Waals surface area contributed by atoms with Crippen LogP contribution in [0.3, 0.4) is 0 Å². The van der Waals surface area contributed by atoms with Crippen molar-refractivity contribution < 1.29 is 9.53 Å². The zero-order valence-corrected chi connectivity index (χ0v) is 17.6. The van der Waals surface area contributed by atoms with Gasteiger partial charge in [-0.2, -0.15) is 5.10 Å². The number of anilines is 2. The Morgan fingerprint density at radius 3 is 2.83 bits per heavy atom. The van der Waals surface area contributed by atoms with Gasteiger partial charge in [0.15, 0.2) is 12.3 Å². The Bertz CT molecular complexity index is 1000. The summed E-state index contributed by atoms with van der Waals surface area (Å²) in [6, 6.07) is 7.85. The summed E-state index contributed by atoms with van der Waals surface area (Å²) in [5.41, 5.74) is 1.73. The quantitative estimate of drug-likeness (QED) is 0.580. The van der Waals surface area contributed by atoms with Crippen molar-refractivity contribution in [2.45, 2.75) is 6.92 Å². The highest BCUT2D eigenvalue weighted by Crippen LogP contribution is 2.30. The van der Waals surface area contributed by atoms with Gasteiger partial charge in [0.1, 0.15) is 22.5 Å². The third kappa shape index (κ3) is 4.26. The Morgan fingerprint density at radius 1 is 1.24 bits per heavy atom. The number of piperazine rings is 1. The minimum atomic E-state index is -0.118. The number of hydrogen-bond acceptors (Lipinski definition) is 7. The number of benzene rings is 1. The molecule has 4 rings (SSSR count). The molecule has 0 aliphatic carbocycles. The first-order valence-electron chi connectivity index (χ1n) is 9.49. The maximum Gasteiger partial charge on any atom is 0.257 e. The predicted molar refractivity (Wildman–Crippen MR) is 114 cm³/mol. The van der Waals surface area contributed by atoms with Gasteiger partial charge in [-0.25, -0.2) is 9.97 Å². The summed E-state index contributed by atoms with van der Waals surface area (Å²) < 4.78 is 6.41. The minimum absolute atomic E-state index is 0.0222. The van der Waals surface area contributed by atoms with Crippen LogP contribution in [0.4, 0.5) is 11.5 Å². The van der Waals surface area contributed by atoms with Gasteiger partial charge in [-0.15, -0.1) is 0 Å². The maximum absolute atomic E-state index is 11.6. The number of ether oxygens (including phenoxy) is 1. The summed E-state index contributed by atoms with van der Waals surface area (Å²) in [5, 5.41) is 10.7. The molecule has 1 saturated heterocycles. The Morgan fingerprint density at radius 2 is 2.03 bits per heavy atom. The van der Waals surface area contributed by atoms with Crippen molar-refractivity contribution in [1.82, 2.24) is 25.5 Å². The molecule has 9 nitrogen and oxygen atoms in total. The average Bonchev–Trinajstić information content (AvgIpc) is 3.14. The van der Waals surface area contributed by atoms with E-state index in [9.17, 15) is 4.79 Å². The topological polar surface area (TPSA) is 99.3 Å². The summed E-state index contributed by atoms with van der Waals surface area (Å²) in [4.78, 5) is 24.8. The van der Waals surface area contributed by atoms with Crippen molar-refractivity contribution in [2.75, 3.05) is 49.1 Å². The molecule has 1 aromatic carbocycles. The molecule has 1 aliphatic heterocycles. The van der Waals surface area contributed by atoms with E-state index in [4.69, 9.17) is 4.74 Å². The fourth-order valence-electron chi connectivity index (χ4n) is 3.39. The maximum atomic E-state index is 11.6. The van der Waals surface area contributed by atoms with E-state index in [2.05, 4.69) is 57.3 Å². The van der Waals surface area contributed by atoms with Crippen molar-refractivity contribution in [3.63, 3.8) is 0 Å². The van der Waals surface area contributed by atoms with Gasteiger partial charge in [0.25, 0.3) is 5.91 Å². The van der Waals surface area contributed by atoms with Crippen LogP contribution in [-0.4, -0.2) is 65.4 Å². The molecule has 0 atom stereocenters. The van der Waals surface area contributed by atoms with E-state index >= 15 is 0 Å². The zero-order chi connectivity index (χ0) is 20.2. The van der Waals surface area contributed by atoms with Crippen molar-refractivity contribution in [3.8, 4) is 5.75 Å². The summed E-state index contributed by atoms with van der Waals surface area (Å²) in [6.07, 6.45) is 1.55. The number of fused-ring (bicyclic) bond motifs is 1.